The van der Waals surface area contributed by atoms with Gasteiger partial charge in [0.25, 0.3) is 15.8 Å². The Kier molecular flexibility index (Phi) is 34.6. The Morgan fingerprint density at radius 2 is 1.02 bits per heavy atom. The summed E-state index contributed by atoms with van der Waals surface area (Å²) in [5.74, 6) is -3.89. The van der Waals surface area contributed by atoms with Crippen LogP contribution in [0.4, 0.5) is 41.9 Å². The van der Waals surface area contributed by atoms with Gasteiger partial charge in [0.2, 0.25) is 23.6 Å². The molecule has 97 heavy (non-hydrogen) atoms. The molecule has 4 atom stereocenters. The summed E-state index contributed by atoms with van der Waals surface area (Å²) in [4.78, 5) is 133. The van der Waals surface area contributed by atoms with Crippen LogP contribution in [0.25, 0.3) is 10.8 Å². The molecule has 0 radical (unpaired) electrons. The van der Waals surface area contributed by atoms with E-state index in [-0.39, 0.29) is 136 Å². The van der Waals surface area contributed by atoms with Crippen LogP contribution in [-0.2, 0) is 71.0 Å². The molecular weight excluding hydrogens is 1290 g/mol. The summed E-state index contributed by atoms with van der Waals surface area (Å²) in [6.45, 7) is 4.04. The normalized spacial score (nSPS) is 12.1. The van der Waals surface area contributed by atoms with Crippen molar-refractivity contribution in [1.82, 2.24) is 21.3 Å². The van der Waals surface area contributed by atoms with Crippen molar-refractivity contribution < 1.29 is 99.7 Å². The number of ketones is 2. The van der Waals surface area contributed by atoms with E-state index in [0.717, 1.165) is 0 Å². The van der Waals surface area contributed by atoms with E-state index in [2.05, 4.69) is 37.2 Å². The van der Waals surface area contributed by atoms with E-state index < -0.39 is 81.0 Å². The highest BCUT2D eigenvalue weighted by molar-refractivity contribution is 7.86. The molecule has 0 bridgehead atoms. The van der Waals surface area contributed by atoms with Gasteiger partial charge in [-0.05, 0) is 112 Å². The molecule has 5 aromatic carbocycles. The lowest BCUT2D eigenvalue weighted by Crippen LogP contribution is -2.40. The predicted octanol–water partition coefficient (Wildman–Crippen LogP) is 5.66. The lowest BCUT2D eigenvalue weighted by molar-refractivity contribution is -0.384. The molecule has 0 spiro atoms. The fraction of sp³-hybridized carbons (Fsp3) is 0.406. The maximum atomic E-state index is 13.3. The average Bonchev–Trinajstić information content (AvgIpc) is 0.788. The number of amides is 9. The minimum atomic E-state index is -4.49. The van der Waals surface area contributed by atoms with Crippen molar-refractivity contribution in [2.45, 2.75) is 108 Å². The number of hydrogen-bond donors (Lipinski definition) is 12. The van der Waals surface area contributed by atoms with E-state index in [1.807, 2.05) is 0 Å². The van der Waals surface area contributed by atoms with Gasteiger partial charge in [0.05, 0.1) is 35.9 Å². The molecule has 0 fully saturated rings. The lowest BCUT2D eigenvalue weighted by atomic mass is 9.93. The molecule has 5 aromatic rings. The maximum Gasteiger partial charge on any atom is 0.514 e. The first-order valence-electron chi connectivity index (χ1n) is 30.7. The molecule has 0 aliphatic carbocycles. The molecule has 32 nitrogen and oxygen atoms in total. The molecule has 9 amide bonds. The minimum Gasteiger partial charge on any atom is -0.444 e. The summed E-state index contributed by atoms with van der Waals surface area (Å²) < 4.78 is 58.9. The number of nitrogens with one attached hydrogen (secondary N) is 7. The number of aliphatic hydroxyl groups is 2. The Morgan fingerprint density at radius 1 is 0.567 bits per heavy atom. The number of urea groups is 2. The molecule has 0 heterocycles. The summed E-state index contributed by atoms with van der Waals surface area (Å²) >= 11 is 0. The van der Waals surface area contributed by atoms with E-state index in [1.54, 1.807) is 60.7 Å². The summed E-state index contributed by atoms with van der Waals surface area (Å²) in [6, 6.07) is 23.4. The molecule has 0 unspecified atom stereocenters. The van der Waals surface area contributed by atoms with Crippen LogP contribution in [0.5, 0.6) is 5.75 Å². The van der Waals surface area contributed by atoms with Gasteiger partial charge in [0.15, 0.2) is 11.6 Å². The molecular formula is C64H82N10O22S. The van der Waals surface area contributed by atoms with E-state index in [1.165, 1.54) is 62.4 Å². The maximum absolute atomic E-state index is 13.3. The Labute approximate surface area is 558 Å². The van der Waals surface area contributed by atoms with Crippen molar-refractivity contribution in [2.24, 2.45) is 23.3 Å². The SMILES string of the molecule is C[C@H](NC(=O)CCOCCCO)C(=O)C[C@@H](CCCNC(N)=O)C(=O)Nc1ccc(COC(=O)Nc2cccc3c(S(=O)(=O)O)cccc23)cc1.C[C@H](NC(=O)CCOCCCO)C(=O)C[C@@H](CCCNC(N)=O)C(=O)Nc1ccc(COC(=O)Oc2ccc([N+](=O)[O-])cc2)cc1. The standard InChI is InChI=1S/C34H43N5O11S.C30H39N5O11/c1-22(37-31(42)15-19-49-18-5-17-40)29(41)20-24(6-4-16-36-33(35)44)32(43)38-25-13-11-23(12-14-25)21-50-34(45)39-28-9-2-8-27-26(28)7-3-10-30(27)51(46,47)48;1-20(33-27(38)13-17-44-16-3-15-36)26(37)18-22(4-2-14-32-29(31)40)28(39)34-23-7-5-21(6-8-23)19-45-30(41)46-25-11-9-24(10-12-25)35(42)43/h2-3,7-14,22,24,40H,4-6,15-21H2,1H3,(H,37,42)(H,38,43)(H,39,45)(H3,35,36,44)(H,46,47,48);5-12,20,22,36H,2-4,13-19H2,1H3,(H,33,38)(H,34,39)(H3,31,32,40)/t22-,24+;20-,22+/m00/s1. The molecule has 0 aromatic heterocycles. The number of rotatable bonds is 40. The molecule has 526 valence electrons. The first-order valence-corrected chi connectivity index (χ1v) is 32.1. The topological polar surface area (TPSA) is 491 Å². The Bertz CT molecular complexity index is 3560. The number of ether oxygens (including phenoxy) is 5. The number of nitro benzene ring substituents is 1. The van der Waals surface area contributed by atoms with Gasteiger partial charge in [-0.3, -0.25) is 48.8 Å². The third kappa shape index (κ3) is 30.8. The molecule has 0 saturated carbocycles. The number of non-ortho nitro benzene ring substituents is 1. The van der Waals surface area contributed by atoms with Crippen LogP contribution in [0.1, 0.15) is 89.2 Å². The zero-order chi connectivity index (χ0) is 71.3. The Morgan fingerprint density at radius 3 is 1.46 bits per heavy atom. The van der Waals surface area contributed by atoms with Crippen LogP contribution >= 0.6 is 0 Å². The van der Waals surface area contributed by atoms with Gasteiger partial charge in [0, 0.05) is 111 Å². The monoisotopic (exact) mass is 1370 g/mol. The summed E-state index contributed by atoms with van der Waals surface area (Å²) in [7, 11) is -4.49. The number of hydrogen-bond acceptors (Lipinski definition) is 21. The molecule has 0 aliphatic rings. The largest absolute Gasteiger partial charge is 0.514 e. The van der Waals surface area contributed by atoms with Gasteiger partial charge in [0.1, 0.15) is 23.9 Å². The van der Waals surface area contributed by atoms with E-state index >= 15 is 0 Å². The number of nitrogens with zero attached hydrogens (tertiary/aromatic N) is 1. The third-order valence-electron chi connectivity index (χ3n) is 14.1. The van der Waals surface area contributed by atoms with Crippen molar-refractivity contribution >= 4 is 103 Å². The van der Waals surface area contributed by atoms with Gasteiger partial charge < -0.3 is 77.3 Å². The lowest BCUT2D eigenvalue weighted by Gasteiger charge is -2.19. The first-order chi connectivity index (χ1) is 46.3. The second-order valence-corrected chi connectivity index (χ2v) is 23.0. The zero-order valence-electron chi connectivity index (χ0n) is 53.5. The number of fused-ring (bicyclic) bond motifs is 1. The molecule has 0 aliphatic heterocycles. The van der Waals surface area contributed by atoms with Crippen molar-refractivity contribution in [3.63, 3.8) is 0 Å². The number of nitro groups is 1. The highest BCUT2D eigenvalue weighted by Gasteiger charge is 2.28. The zero-order valence-corrected chi connectivity index (χ0v) is 54.3. The van der Waals surface area contributed by atoms with Crippen molar-refractivity contribution in [3.8, 4) is 5.75 Å². The fourth-order valence-electron chi connectivity index (χ4n) is 8.94. The van der Waals surface area contributed by atoms with Crippen LogP contribution in [0.3, 0.4) is 0 Å². The molecule has 14 N–H and O–H groups in total. The van der Waals surface area contributed by atoms with Crippen LogP contribution in [0, 0.1) is 22.0 Å². The first kappa shape index (κ1) is 79.2. The second-order valence-electron chi connectivity index (χ2n) is 21.7. The fourth-order valence-corrected chi connectivity index (χ4v) is 9.64. The Hall–Kier alpha value is -10.2. The summed E-state index contributed by atoms with van der Waals surface area (Å²) in [6.07, 6.45) is 0.0257. The highest BCUT2D eigenvalue weighted by atomic mass is 32.2. The van der Waals surface area contributed by atoms with Gasteiger partial charge in [-0.1, -0.05) is 48.5 Å². The number of nitrogens with two attached hydrogens (primary N) is 2. The number of Topliss-reactive ketones (excluding diaryl/α,β-unsaturated/α-hetero) is 2. The van der Waals surface area contributed by atoms with Crippen molar-refractivity contribution in [3.05, 3.63) is 130 Å². The minimum absolute atomic E-state index is 0.0153. The highest BCUT2D eigenvalue weighted by Crippen LogP contribution is 2.29. The number of primary amides is 2. The van der Waals surface area contributed by atoms with Crippen molar-refractivity contribution in [2.75, 3.05) is 68.7 Å². The summed E-state index contributed by atoms with van der Waals surface area (Å²) in [5.41, 5.74) is 12.3. The molecule has 5 rings (SSSR count). The smallest absolute Gasteiger partial charge is 0.444 e. The van der Waals surface area contributed by atoms with Crippen LogP contribution in [0.15, 0.2) is 114 Å². The Balaban J connectivity index is 0.000000415. The van der Waals surface area contributed by atoms with Gasteiger partial charge in [-0.15, -0.1) is 0 Å². The average molecular weight is 1380 g/mol. The van der Waals surface area contributed by atoms with E-state index in [9.17, 15) is 71.0 Å². The summed E-state index contributed by atoms with van der Waals surface area (Å²) in [5, 5.41) is 47.1. The van der Waals surface area contributed by atoms with E-state index in [4.69, 9.17) is 45.4 Å². The van der Waals surface area contributed by atoms with Crippen LogP contribution in [-0.4, -0.2) is 152 Å². The van der Waals surface area contributed by atoms with Gasteiger partial charge >= 0.3 is 24.3 Å². The van der Waals surface area contributed by atoms with Gasteiger partial charge in [-0.25, -0.2) is 19.2 Å². The number of benzene rings is 5. The van der Waals surface area contributed by atoms with Crippen LogP contribution < -0.4 is 53.4 Å². The molecule has 0 saturated heterocycles. The number of anilines is 3. The van der Waals surface area contributed by atoms with Crippen LogP contribution in [0.2, 0.25) is 0 Å². The number of carbonyl (C=O) groups is 10. The number of aliphatic hydroxyl groups excluding tert-OH is 2. The van der Waals surface area contributed by atoms with Gasteiger partial charge in [-0.2, -0.15) is 8.42 Å². The second kappa shape index (κ2) is 42.3. The predicted molar refractivity (Wildman–Crippen MR) is 351 cm³/mol. The third-order valence-corrected chi connectivity index (χ3v) is 15.0. The van der Waals surface area contributed by atoms with E-state index in [0.29, 0.717) is 66.8 Å². The quantitative estimate of drug-likeness (QED) is 0.00562. The number of carbonyl (C=O) groups excluding carboxylic acids is 10. The van der Waals surface area contributed by atoms with Crippen molar-refractivity contribution in [1.29, 1.82) is 0 Å². The molecule has 33 heteroatoms.